The summed E-state index contributed by atoms with van der Waals surface area (Å²) < 4.78 is 40.5. The number of hydrogen-bond donors (Lipinski definition) is 1. The van der Waals surface area contributed by atoms with Crippen LogP contribution in [0.15, 0.2) is 112 Å². The second kappa shape index (κ2) is 13.1. The van der Waals surface area contributed by atoms with Crippen LogP contribution in [0.4, 0.5) is 14.5 Å². The molecule has 2 heterocycles. The van der Waals surface area contributed by atoms with E-state index in [0.29, 0.717) is 53.8 Å². The van der Waals surface area contributed by atoms with Gasteiger partial charge < -0.3 is 14.8 Å². The van der Waals surface area contributed by atoms with Gasteiger partial charge in [-0.05, 0) is 72.7 Å². The highest BCUT2D eigenvalue weighted by atomic mass is 35.5. The summed E-state index contributed by atoms with van der Waals surface area (Å²) >= 11 is 7.38. The van der Waals surface area contributed by atoms with Crippen molar-refractivity contribution in [1.29, 1.82) is 0 Å². The maximum Gasteiger partial charge on any atom is 0.271 e. The molecular formula is C35H26ClF2N3O4S. The molecule has 1 aliphatic heterocycles. The topological polar surface area (TPSA) is 81.9 Å². The maximum atomic E-state index is 14.2. The molecular weight excluding hydrogens is 632 g/mol. The molecule has 1 unspecified atom stereocenters. The third-order valence-corrected chi connectivity index (χ3v) is 8.60. The van der Waals surface area contributed by atoms with Crippen molar-refractivity contribution in [2.45, 2.75) is 19.6 Å². The predicted molar refractivity (Wildman–Crippen MR) is 174 cm³/mol. The Kier molecular flexibility index (Phi) is 8.83. The van der Waals surface area contributed by atoms with Crippen LogP contribution < -0.4 is 29.7 Å². The largest absolute Gasteiger partial charge is 0.496 e. The first-order valence-electron chi connectivity index (χ1n) is 14.1. The Morgan fingerprint density at radius 2 is 1.76 bits per heavy atom. The number of rotatable bonds is 8. The minimum atomic E-state index is -0.821. The summed E-state index contributed by atoms with van der Waals surface area (Å²) in [4.78, 5) is 32.9. The van der Waals surface area contributed by atoms with E-state index < -0.39 is 17.7 Å². The number of thiazole rings is 1. The van der Waals surface area contributed by atoms with E-state index in [1.807, 2.05) is 18.2 Å². The van der Waals surface area contributed by atoms with Gasteiger partial charge >= 0.3 is 0 Å². The van der Waals surface area contributed by atoms with Gasteiger partial charge in [0.1, 0.15) is 18.2 Å². The molecule has 1 aliphatic rings. The Labute approximate surface area is 271 Å². The first-order chi connectivity index (χ1) is 22.2. The van der Waals surface area contributed by atoms with Gasteiger partial charge in [-0.25, -0.2) is 13.8 Å². The van der Waals surface area contributed by atoms with Crippen LogP contribution >= 0.6 is 22.9 Å². The second-order valence-corrected chi connectivity index (χ2v) is 11.8. The highest BCUT2D eigenvalue weighted by Crippen LogP contribution is 2.31. The summed E-state index contributed by atoms with van der Waals surface area (Å²) in [6, 6.07) is 23.6. The number of carbonyl (C=O) groups is 1. The highest BCUT2D eigenvalue weighted by Gasteiger charge is 2.32. The molecule has 7 nitrogen and oxygen atoms in total. The lowest BCUT2D eigenvalue weighted by Crippen LogP contribution is -2.40. The zero-order chi connectivity index (χ0) is 32.4. The summed E-state index contributed by atoms with van der Waals surface area (Å²) in [6.45, 7) is 1.68. The molecule has 1 amide bonds. The summed E-state index contributed by atoms with van der Waals surface area (Å²) in [7, 11) is 1.50. The average Bonchev–Trinajstić information content (AvgIpc) is 3.34. The zero-order valence-electron chi connectivity index (χ0n) is 24.6. The van der Waals surface area contributed by atoms with Crippen LogP contribution in [0.3, 0.4) is 0 Å². The van der Waals surface area contributed by atoms with Crippen molar-refractivity contribution >= 4 is 40.6 Å². The standard InChI is InChI=1S/C35H26ClF2N3O4S/c1-20-31(33(42)40-26-6-4-3-5-7-26)32(22-9-11-24(36)12-10-22)41-34(43)30(46-35(41)39-20)17-21-8-14-28(44-2)23(16-21)19-45-29-15-13-25(37)18-27(29)38/h3-18,32H,19H2,1-2H3,(H,40,42). The van der Waals surface area contributed by atoms with Crippen LogP contribution in [0.25, 0.3) is 6.08 Å². The number of ether oxygens (including phenoxy) is 2. The number of allylic oxidation sites excluding steroid dienone is 1. The number of anilines is 1. The molecule has 0 spiro atoms. The smallest absolute Gasteiger partial charge is 0.271 e. The molecule has 0 saturated carbocycles. The van der Waals surface area contributed by atoms with Crippen molar-refractivity contribution < 1.29 is 23.0 Å². The fraction of sp³-hybridized carbons (Fsp3) is 0.114. The van der Waals surface area contributed by atoms with E-state index in [4.69, 9.17) is 21.1 Å². The summed E-state index contributed by atoms with van der Waals surface area (Å²) in [5.74, 6) is -1.51. The fourth-order valence-corrected chi connectivity index (χ4v) is 6.37. The summed E-state index contributed by atoms with van der Waals surface area (Å²) in [5.41, 5.74) is 3.04. The number of amides is 1. The second-order valence-electron chi connectivity index (χ2n) is 10.4. The Balaban J connectivity index is 1.40. The normalized spacial score (nSPS) is 14.5. The molecule has 4 aromatic carbocycles. The van der Waals surface area contributed by atoms with Crippen LogP contribution in [0.5, 0.6) is 11.5 Å². The number of halogens is 3. The van der Waals surface area contributed by atoms with Crippen molar-refractivity contribution in [3.8, 4) is 11.5 Å². The van der Waals surface area contributed by atoms with E-state index in [1.165, 1.54) is 29.1 Å². The van der Waals surface area contributed by atoms with Crippen LogP contribution in [-0.2, 0) is 11.4 Å². The summed E-state index contributed by atoms with van der Waals surface area (Å²) in [6.07, 6.45) is 1.72. The molecule has 232 valence electrons. The van der Waals surface area contributed by atoms with Crippen molar-refractivity contribution in [2.24, 2.45) is 4.99 Å². The van der Waals surface area contributed by atoms with Gasteiger partial charge in [0.25, 0.3) is 11.5 Å². The SMILES string of the molecule is COc1ccc(C=c2sc3n(c2=O)C(c2ccc(Cl)cc2)C(C(=O)Nc2ccccc2)=C(C)N=3)cc1COc1ccc(F)cc1F. The maximum absolute atomic E-state index is 14.2. The quantitative estimate of drug-likeness (QED) is 0.210. The number of hydrogen-bond acceptors (Lipinski definition) is 6. The number of nitrogens with one attached hydrogen (secondary N) is 1. The number of carbonyl (C=O) groups excluding carboxylic acids is 1. The molecule has 46 heavy (non-hydrogen) atoms. The first kappa shape index (κ1) is 30.9. The Hall–Kier alpha value is -5.06. The Morgan fingerprint density at radius 3 is 2.48 bits per heavy atom. The number of aromatic nitrogens is 1. The lowest BCUT2D eigenvalue weighted by atomic mass is 9.95. The van der Waals surface area contributed by atoms with Gasteiger partial charge in [-0.1, -0.05) is 59.3 Å². The van der Waals surface area contributed by atoms with Gasteiger partial charge in [0, 0.05) is 22.3 Å². The van der Waals surface area contributed by atoms with Gasteiger partial charge in [-0.15, -0.1) is 0 Å². The fourth-order valence-electron chi connectivity index (χ4n) is 5.19. The van der Waals surface area contributed by atoms with E-state index in [9.17, 15) is 18.4 Å². The minimum absolute atomic E-state index is 0.0652. The van der Waals surface area contributed by atoms with Crippen LogP contribution in [0.1, 0.15) is 29.7 Å². The lowest BCUT2D eigenvalue weighted by Gasteiger charge is -2.25. The van der Waals surface area contributed by atoms with E-state index in [1.54, 1.807) is 67.6 Å². The molecule has 0 radical (unpaired) electrons. The number of fused-ring (bicyclic) bond motifs is 1. The number of nitrogens with zero attached hydrogens (tertiary/aromatic N) is 2. The third kappa shape index (κ3) is 6.35. The lowest BCUT2D eigenvalue weighted by molar-refractivity contribution is -0.113. The Bertz CT molecular complexity index is 2160. The zero-order valence-corrected chi connectivity index (χ0v) is 26.2. The molecule has 0 bridgehead atoms. The van der Waals surface area contributed by atoms with Gasteiger partial charge in [0.05, 0.1) is 29.0 Å². The molecule has 0 saturated heterocycles. The molecule has 5 aromatic rings. The van der Waals surface area contributed by atoms with E-state index in [-0.39, 0.29) is 23.8 Å². The molecule has 6 rings (SSSR count). The van der Waals surface area contributed by atoms with Crippen LogP contribution in [-0.4, -0.2) is 17.6 Å². The third-order valence-electron chi connectivity index (χ3n) is 7.36. The van der Waals surface area contributed by atoms with Gasteiger partial charge in [-0.2, -0.15) is 0 Å². The van der Waals surface area contributed by atoms with Crippen LogP contribution in [0.2, 0.25) is 5.02 Å². The highest BCUT2D eigenvalue weighted by molar-refractivity contribution is 7.07. The number of benzene rings is 4. The first-order valence-corrected chi connectivity index (χ1v) is 15.3. The van der Waals surface area contributed by atoms with Crippen molar-refractivity contribution in [3.63, 3.8) is 0 Å². The van der Waals surface area contributed by atoms with Crippen molar-refractivity contribution in [2.75, 3.05) is 12.4 Å². The van der Waals surface area contributed by atoms with Crippen molar-refractivity contribution in [1.82, 2.24) is 4.57 Å². The number of methoxy groups -OCH3 is 1. The molecule has 11 heteroatoms. The van der Waals surface area contributed by atoms with Gasteiger partial charge in [0.15, 0.2) is 16.4 Å². The monoisotopic (exact) mass is 657 g/mol. The van der Waals surface area contributed by atoms with Gasteiger partial charge in [0.2, 0.25) is 0 Å². The molecule has 1 atom stereocenters. The predicted octanol–water partition coefficient (Wildman–Crippen LogP) is 6.39. The van der Waals surface area contributed by atoms with Gasteiger partial charge in [-0.3, -0.25) is 14.2 Å². The van der Waals surface area contributed by atoms with Crippen molar-refractivity contribution in [3.05, 3.63) is 155 Å². The van der Waals surface area contributed by atoms with Crippen LogP contribution in [0, 0.1) is 11.6 Å². The number of para-hydroxylation sites is 1. The Morgan fingerprint density at radius 1 is 1.02 bits per heavy atom. The van der Waals surface area contributed by atoms with E-state index in [0.717, 1.165) is 12.1 Å². The molecule has 1 N–H and O–H groups in total. The minimum Gasteiger partial charge on any atom is -0.496 e. The average molecular weight is 658 g/mol. The molecule has 0 fully saturated rings. The molecule has 0 aliphatic carbocycles. The van der Waals surface area contributed by atoms with E-state index in [2.05, 4.69) is 10.3 Å². The van der Waals surface area contributed by atoms with E-state index >= 15 is 0 Å². The molecule has 1 aromatic heterocycles. The summed E-state index contributed by atoms with van der Waals surface area (Å²) in [5, 5.41) is 3.45.